The highest BCUT2D eigenvalue weighted by molar-refractivity contribution is 5.81. The Morgan fingerprint density at radius 3 is 2.80 bits per heavy atom. The van der Waals surface area contributed by atoms with Crippen LogP contribution in [-0.4, -0.2) is 4.98 Å². The van der Waals surface area contributed by atoms with Gasteiger partial charge in [0, 0.05) is 11.6 Å². The highest BCUT2D eigenvalue weighted by atomic mass is 16.3. The molecule has 2 aromatic heterocycles. The second kappa shape index (κ2) is 3.43. The maximum Gasteiger partial charge on any atom is 0.138 e. The molecule has 0 aliphatic rings. The summed E-state index contributed by atoms with van der Waals surface area (Å²) in [4.78, 5) is 4.25. The van der Waals surface area contributed by atoms with E-state index in [2.05, 4.69) is 37.6 Å². The van der Waals surface area contributed by atoms with Crippen molar-refractivity contribution in [2.24, 2.45) is 5.41 Å². The molecule has 0 saturated carbocycles. The minimum absolute atomic E-state index is 0.00637. The molecule has 0 fully saturated rings. The highest BCUT2D eigenvalue weighted by Gasteiger charge is 2.05. The molecular weight excluding hydrogens is 186 g/mol. The van der Waals surface area contributed by atoms with Gasteiger partial charge in [-0.1, -0.05) is 5.92 Å². The summed E-state index contributed by atoms with van der Waals surface area (Å²) >= 11 is 0. The smallest absolute Gasteiger partial charge is 0.138 e. The van der Waals surface area contributed by atoms with Gasteiger partial charge in [0.1, 0.15) is 11.3 Å². The van der Waals surface area contributed by atoms with E-state index in [4.69, 9.17) is 4.42 Å². The molecule has 76 valence electrons. The van der Waals surface area contributed by atoms with Gasteiger partial charge in [-0.05, 0) is 38.8 Å². The molecule has 0 spiro atoms. The van der Waals surface area contributed by atoms with E-state index in [0.29, 0.717) is 0 Å². The van der Waals surface area contributed by atoms with E-state index in [1.165, 1.54) is 0 Å². The molecule has 2 heterocycles. The normalized spacial score (nSPS) is 11.1. The highest BCUT2D eigenvalue weighted by Crippen LogP contribution is 2.17. The molecule has 15 heavy (non-hydrogen) atoms. The average molecular weight is 199 g/mol. The number of hydrogen-bond acceptors (Lipinski definition) is 2. The van der Waals surface area contributed by atoms with Gasteiger partial charge < -0.3 is 4.42 Å². The molecule has 2 rings (SSSR count). The molecule has 0 amide bonds. The van der Waals surface area contributed by atoms with Crippen LogP contribution in [0.15, 0.2) is 29.0 Å². The Morgan fingerprint density at radius 2 is 2.07 bits per heavy atom. The number of nitrogens with zero attached hydrogens (tertiary/aromatic N) is 1. The number of rotatable bonds is 0. The van der Waals surface area contributed by atoms with Crippen LogP contribution in [0.1, 0.15) is 26.5 Å². The lowest BCUT2D eigenvalue weighted by Gasteiger charge is -2.06. The van der Waals surface area contributed by atoms with Crippen LogP contribution in [0.3, 0.4) is 0 Å². The maximum atomic E-state index is 5.28. The summed E-state index contributed by atoms with van der Waals surface area (Å²) in [5.74, 6) is 6.26. The van der Waals surface area contributed by atoms with E-state index in [0.717, 1.165) is 16.7 Å². The Hall–Kier alpha value is -1.75. The van der Waals surface area contributed by atoms with E-state index in [9.17, 15) is 0 Å². The van der Waals surface area contributed by atoms with Crippen LogP contribution < -0.4 is 0 Å². The number of fused-ring (bicyclic) bond motifs is 1. The monoisotopic (exact) mass is 199 g/mol. The van der Waals surface area contributed by atoms with E-state index in [-0.39, 0.29) is 5.41 Å². The van der Waals surface area contributed by atoms with E-state index in [1.54, 1.807) is 12.5 Å². The molecule has 0 bridgehead atoms. The third kappa shape index (κ3) is 2.19. The van der Waals surface area contributed by atoms with Crippen LogP contribution >= 0.6 is 0 Å². The first-order valence-corrected chi connectivity index (χ1v) is 4.92. The van der Waals surface area contributed by atoms with E-state index in [1.807, 2.05) is 12.1 Å². The van der Waals surface area contributed by atoms with Crippen LogP contribution in [-0.2, 0) is 0 Å². The minimum Gasteiger partial charge on any atom is -0.464 e. The van der Waals surface area contributed by atoms with Crippen molar-refractivity contribution in [1.82, 2.24) is 4.98 Å². The predicted octanol–water partition coefficient (Wildman–Crippen LogP) is 3.23. The fourth-order valence-electron chi connectivity index (χ4n) is 1.24. The largest absolute Gasteiger partial charge is 0.464 e. The van der Waals surface area contributed by atoms with E-state index < -0.39 is 0 Å². The standard InChI is InChI=1S/C13H13NO/c1-13(2,3)7-4-11-10-6-9-15-12(10)5-8-14-11/h5-6,8-9H,1-3H3. The van der Waals surface area contributed by atoms with Crippen molar-refractivity contribution >= 4 is 11.0 Å². The van der Waals surface area contributed by atoms with Gasteiger partial charge in [0.05, 0.1) is 11.6 Å². The van der Waals surface area contributed by atoms with Gasteiger partial charge in [-0.3, -0.25) is 0 Å². The van der Waals surface area contributed by atoms with Crippen molar-refractivity contribution in [3.05, 3.63) is 30.3 Å². The second-order valence-electron chi connectivity index (χ2n) is 4.49. The van der Waals surface area contributed by atoms with E-state index >= 15 is 0 Å². The maximum absolute atomic E-state index is 5.28. The Balaban J connectivity index is 2.51. The van der Waals surface area contributed by atoms with Crippen LogP contribution in [0.2, 0.25) is 0 Å². The van der Waals surface area contributed by atoms with Crippen LogP contribution in [0, 0.1) is 17.3 Å². The number of furan rings is 1. The molecule has 0 aliphatic carbocycles. The van der Waals surface area contributed by atoms with Crippen LogP contribution in [0.4, 0.5) is 0 Å². The summed E-state index contributed by atoms with van der Waals surface area (Å²) in [6.07, 6.45) is 3.38. The molecule has 0 atom stereocenters. The fourth-order valence-corrected chi connectivity index (χ4v) is 1.24. The van der Waals surface area contributed by atoms with Gasteiger partial charge in [-0.15, -0.1) is 0 Å². The number of aromatic nitrogens is 1. The summed E-state index contributed by atoms with van der Waals surface area (Å²) in [7, 11) is 0. The third-order valence-electron chi connectivity index (χ3n) is 1.94. The topological polar surface area (TPSA) is 26.0 Å². The summed E-state index contributed by atoms with van der Waals surface area (Å²) in [5.41, 5.74) is 1.62. The van der Waals surface area contributed by atoms with Crippen molar-refractivity contribution in [3.8, 4) is 11.8 Å². The van der Waals surface area contributed by atoms with Crippen molar-refractivity contribution < 1.29 is 4.42 Å². The van der Waals surface area contributed by atoms with Gasteiger partial charge >= 0.3 is 0 Å². The number of pyridine rings is 1. The Kier molecular flexibility index (Phi) is 2.24. The zero-order valence-corrected chi connectivity index (χ0v) is 9.16. The molecule has 0 saturated heterocycles. The minimum atomic E-state index is -0.00637. The summed E-state index contributed by atoms with van der Waals surface area (Å²) in [6.45, 7) is 6.24. The van der Waals surface area contributed by atoms with Gasteiger partial charge in [-0.25, -0.2) is 4.98 Å². The predicted molar refractivity (Wildman–Crippen MR) is 60.3 cm³/mol. The SMILES string of the molecule is CC(C)(C)C#Cc1nccc2occc12. The van der Waals surface area contributed by atoms with Crippen LogP contribution in [0.25, 0.3) is 11.0 Å². The molecule has 0 aliphatic heterocycles. The molecule has 0 radical (unpaired) electrons. The zero-order valence-electron chi connectivity index (χ0n) is 9.16. The van der Waals surface area contributed by atoms with Crippen molar-refractivity contribution in [1.29, 1.82) is 0 Å². The lowest BCUT2D eigenvalue weighted by molar-refractivity contribution is 0.571. The first-order chi connectivity index (χ1) is 7.06. The Labute approximate surface area is 89.3 Å². The van der Waals surface area contributed by atoms with Gasteiger partial charge in [-0.2, -0.15) is 0 Å². The first kappa shape index (κ1) is 9.79. The third-order valence-corrected chi connectivity index (χ3v) is 1.94. The summed E-state index contributed by atoms with van der Waals surface area (Å²) in [6, 6.07) is 3.74. The van der Waals surface area contributed by atoms with Crippen molar-refractivity contribution in [2.75, 3.05) is 0 Å². The van der Waals surface area contributed by atoms with Gasteiger partial charge in [0.15, 0.2) is 0 Å². The molecule has 0 aromatic carbocycles. The summed E-state index contributed by atoms with van der Waals surface area (Å²) in [5, 5.41) is 0.981. The molecule has 2 aromatic rings. The average Bonchev–Trinajstić information content (AvgIpc) is 2.61. The lowest BCUT2D eigenvalue weighted by Crippen LogP contribution is -1.99. The Bertz CT molecular complexity index is 535. The quantitative estimate of drug-likeness (QED) is 0.609. The second-order valence-corrected chi connectivity index (χ2v) is 4.49. The Morgan fingerprint density at radius 1 is 1.27 bits per heavy atom. The summed E-state index contributed by atoms with van der Waals surface area (Å²) < 4.78 is 5.28. The van der Waals surface area contributed by atoms with Crippen LogP contribution in [0.5, 0.6) is 0 Å². The number of hydrogen-bond donors (Lipinski definition) is 0. The molecule has 2 nitrogen and oxygen atoms in total. The first-order valence-electron chi connectivity index (χ1n) is 4.92. The van der Waals surface area contributed by atoms with Gasteiger partial charge in [0.2, 0.25) is 0 Å². The van der Waals surface area contributed by atoms with Crippen molar-refractivity contribution in [2.45, 2.75) is 20.8 Å². The lowest BCUT2D eigenvalue weighted by atomic mass is 9.98. The molecular formula is C13H13NO. The molecule has 2 heteroatoms. The fraction of sp³-hybridized carbons (Fsp3) is 0.308. The van der Waals surface area contributed by atoms with Crippen molar-refractivity contribution in [3.63, 3.8) is 0 Å². The molecule has 0 N–H and O–H groups in total. The zero-order chi connectivity index (χ0) is 10.9. The molecule has 0 unspecified atom stereocenters. The van der Waals surface area contributed by atoms with Gasteiger partial charge in [0.25, 0.3) is 0 Å².